The van der Waals surface area contributed by atoms with Crippen LogP contribution < -0.4 is 0 Å². The summed E-state index contributed by atoms with van der Waals surface area (Å²) in [7, 11) is 0. The molecule has 0 radical (unpaired) electrons. The molecule has 55 heavy (non-hydrogen) atoms. The zero-order valence-corrected chi connectivity index (χ0v) is 30.3. The normalized spacial score (nSPS) is 11.0. The molecule has 0 fully saturated rings. The Morgan fingerprint density at radius 2 is 0.709 bits per heavy atom. The van der Waals surface area contributed by atoms with Crippen LogP contribution >= 0.6 is 0 Å². The van der Waals surface area contributed by atoms with Gasteiger partial charge in [-0.25, -0.2) is 15.0 Å². The molecule has 9 aromatic rings. The number of aromatic nitrogens is 4. The highest BCUT2D eigenvalue weighted by molar-refractivity contribution is 5.98. The number of benzene rings is 7. The van der Waals surface area contributed by atoms with E-state index in [1.165, 1.54) is 27.8 Å². The van der Waals surface area contributed by atoms with Crippen molar-refractivity contribution in [2.45, 2.75) is 6.92 Å². The first-order valence-electron chi connectivity index (χ1n) is 18.5. The Labute approximate surface area is 321 Å². The van der Waals surface area contributed by atoms with E-state index in [4.69, 9.17) is 15.0 Å². The van der Waals surface area contributed by atoms with Crippen LogP contribution in [0.15, 0.2) is 200 Å². The molecule has 0 saturated carbocycles. The van der Waals surface area contributed by atoms with Gasteiger partial charge in [-0.15, -0.1) is 0 Å². The summed E-state index contributed by atoms with van der Waals surface area (Å²) < 4.78 is 0. The van der Waals surface area contributed by atoms with Crippen LogP contribution in [0.25, 0.3) is 89.8 Å². The highest BCUT2D eigenvalue weighted by atomic mass is 15.0. The molecule has 4 nitrogen and oxygen atoms in total. The van der Waals surface area contributed by atoms with Gasteiger partial charge in [0.1, 0.15) is 0 Å². The van der Waals surface area contributed by atoms with Crippen LogP contribution in [-0.4, -0.2) is 19.9 Å². The molecule has 4 heteroatoms. The van der Waals surface area contributed by atoms with Crippen molar-refractivity contribution < 1.29 is 0 Å². The summed E-state index contributed by atoms with van der Waals surface area (Å²) >= 11 is 0. The molecule has 2 heterocycles. The third-order valence-electron chi connectivity index (χ3n) is 9.98. The molecule has 9 rings (SSSR count). The maximum absolute atomic E-state index is 5.15. The number of hydrogen-bond donors (Lipinski definition) is 0. The summed E-state index contributed by atoms with van der Waals surface area (Å²) in [5, 5.41) is 0. The van der Waals surface area contributed by atoms with Crippen LogP contribution in [0.2, 0.25) is 0 Å². The van der Waals surface area contributed by atoms with Crippen molar-refractivity contribution >= 4 is 0 Å². The van der Waals surface area contributed by atoms with Gasteiger partial charge in [0.05, 0.1) is 0 Å². The lowest BCUT2D eigenvalue weighted by molar-refractivity contribution is 1.07. The molecule has 0 unspecified atom stereocenters. The van der Waals surface area contributed by atoms with Gasteiger partial charge in [-0.3, -0.25) is 4.98 Å². The number of pyridine rings is 1. The Bertz CT molecular complexity index is 2670. The summed E-state index contributed by atoms with van der Waals surface area (Å²) in [6, 6.07) is 67.7. The Kier molecular flexibility index (Phi) is 9.13. The summed E-state index contributed by atoms with van der Waals surface area (Å²) in [6.45, 7) is 2.03. The zero-order chi connectivity index (χ0) is 37.0. The first-order valence-corrected chi connectivity index (χ1v) is 18.5. The number of hydrogen-bond acceptors (Lipinski definition) is 4. The SMILES string of the molecule is Cc1ncccc1-c1ccccc1-c1nc(-c2ccccc2)nc(-c2ccc(-c3c(-c4ccccc4)cc(-c4ccccc4)cc3-c3ccccc3)cc2)n1. The van der Waals surface area contributed by atoms with E-state index in [-0.39, 0.29) is 0 Å². The lowest BCUT2D eigenvalue weighted by Gasteiger charge is -2.19. The largest absolute Gasteiger partial charge is 0.261 e. The van der Waals surface area contributed by atoms with Crippen molar-refractivity contribution in [3.8, 4) is 89.8 Å². The van der Waals surface area contributed by atoms with Crippen molar-refractivity contribution in [2.24, 2.45) is 0 Å². The van der Waals surface area contributed by atoms with Crippen molar-refractivity contribution in [1.29, 1.82) is 0 Å². The van der Waals surface area contributed by atoms with E-state index in [1.54, 1.807) is 0 Å². The fourth-order valence-corrected chi connectivity index (χ4v) is 7.25. The second-order valence-electron chi connectivity index (χ2n) is 13.5. The standard InChI is InChI=1S/C51H36N4/c1-35-43(27-16-32-52-35)44-25-14-15-26-45(44)51-54-49(40-23-12-5-13-24-40)53-50(55-51)41-30-28-39(29-31-41)48-46(37-19-8-3-9-20-37)33-42(36-17-6-2-7-18-36)34-47(48)38-21-10-4-11-22-38/h2-34H,1H3. The van der Waals surface area contributed by atoms with E-state index in [2.05, 4.69) is 151 Å². The Morgan fingerprint density at radius 1 is 0.291 bits per heavy atom. The predicted octanol–water partition coefficient (Wildman–Crippen LogP) is 12.9. The molecule has 2 aromatic heterocycles. The van der Waals surface area contributed by atoms with Crippen LogP contribution in [0.4, 0.5) is 0 Å². The molecular weight excluding hydrogens is 669 g/mol. The minimum absolute atomic E-state index is 0.610. The second kappa shape index (κ2) is 15.0. The van der Waals surface area contributed by atoms with Crippen molar-refractivity contribution in [3.63, 3.8) is 0 Å². The van der Waals surface area contributed by atoms with Crippen LogP contribution in [-0.2, 0) is 0 Å². The van der Waals surface area contributed by atoms with Crippen molar-refractivity contribution in [3.05, 3.63) is 206 Å². The van der Waals surface area contributed by atoms with E-state index < -0.39 is 0 Å². The minimum Gasteiger partial charge on any atom is -0.261 e. The van der Waals surface area contributed by atoms with E-state index in [1.807, 2.05) is 61.7 Å². The van der Waals surface area contributed by atoms with Gasteiger partial charge in [-0.1, -0.05) is 176 Å². The van der Waals surface area contributed by atoms with E-state index in [9.17, 15) is 0 Å². The summed E-state index contributed by atoms with van der Waals surface area (Å²) in [6.07, 6.45) is 1.82. The van der Waals surface area contributed by atoms with E-state index in [0.717, 1.165) is 50.2 Å². The highest BCUT2D eigenvalue weighted by Gasteiger charge is 2.19. The summed E-state index contributed by atoms with van der Waals surface area (Å²) in [5.74, 6) is 1.84. The summed E-state index contributed by atoms with van der Waals surface area (Å²) in [4.78, 5) is 19.8. The topological polar surface area (TPSA) is 51.6 Å². The molecule has 0 aliphatic carbocycles. The average molecular weight is 705 g/mol. The molecule has 7 aromatic carbocycles. The minimum atomic E-state index is 0.610. The molecule has 260 valence electrons. The Morgan fingerprint density at radius 3 is 1.25 bits per heavy atom. The van der Waals surface area contributed by atoms with Gasteiger partial charge in [0.2, 0.25) is 0 Å². The lowest BCUT2D eigenvalue weighted by Crippen LogP contribution is -2.01. The van der Waals surface area contributed by atoms with Gasteiger partial charge in [-0.05, 0) is 75.2 Å². The fraction of sp³-hybridized carbons (Fsp3) is 0.0196. The smallest absolute Gasteiger partial charge is 0.164 e. The second-order valence-corrected chi connectivity index (χ2v) is 13.5. The van der Waals surface area contributed by atoms with E-state index >= 15 is 0 Å². The number of rotatable bonds is 8. The number of nitrogens with zero attached hydrogens (tertiary/aromatic N) is 4. The van der Waals surface area contributed by atoms with E-state index in [0.29, 0.717) is 17.5 Å². The average Bonchev–Trinajstić information content (AvgIpc) is 3.27. The fourth-order valence-electron chi connectivity index (χ4n) is 7.25. The Hall–Kier alpha value is -7.30. The van der Waals surface area contributed by atoms with Crippen LogP contribution in [0, 0.1) is 6.92 Å². The van der Waals surface area contributed by atoms with Gasteiger partial charge < -0.3 is 0 Å². The molecule has 0 atom stereocenters. The van der Waals surface area contributed by atoms with Gasteiger partial charge in [-0.2, -0.15) is 0 Å². The molecule has 0 N–H and O–H groups in total. The third kappa shape index (κ3) is 6.85. The molecule has 0 spiro atoms. The molecule has 0 aliphatic heterocycles. The van der Waals surface area contributed by atoms with Gasteiger partial charge in [0, 0.05) is 34.1 Å². The highest BCUT2D eigenvalue weighted by Crippen LogP contribution is 2.44. The van der Waals surface area contributed by atoms with Crippen LogP contribution in [0.3, 0.4) is 0 Å². The van der Waals surface area contributed by atoms with Crippen LogP contribution in [0.1, 0.15) is 5.69 Å². The quantitative estimate of drug-likeness (QED) is 0.158. The third-order valence-corrected chi connectivity index (χ3v) is 9.98. The maximum atomic E-state index is 5.15. The molecule has 0 bridgehead atoms. The zero-order valence-electron chi connectivity index (χ0n) is 30.3. The van der Waals surface area contributed by atoms with Crippen molar-refractivity contribution in [1.82, 2.24) is 19.9 Å². The van der Waals surface area contributed by atoms with Gasteiger partial charge in [0.25, 0.3) is 0 Å². The molecule has 0 saturated heterocycles. The predicted molar refractivity (Wildman–Crippen MR) is 226 cm³/mol. The van der Waals surface area contributed by atoms with Gasteiger partial charge >= 0.3 is 0 Å². The molecule has 0 amide bonds. The lowest BCUT2D eigenvalue weighted by atomic mass is 9.84. The molecular formula is C51H36N4. The first-order chi connectivity index (χ1) is 27.2. The Balaban J connectivity index is 1.22. The monoisotopic (exact) mass is 704 g/mol. The number of aryl methyl sites for hydroxylation is 1. The first kappa shape index (κ1) is 33.5. The molecule has 0 aliphatic rings. The van der Waals surface area contributed by atoms with Gasteiger partial charge in [0.15, 0.2) is 17.5 Å². The van der Waals surface area contributed by atoms with Crippen molar-refractivity contribution in [2.75, 3.05) is 0 Å². The summed E-state index contributed by atoms with van der Waals surface area (Å²) in [5.41, 5.74) is 15.1. The van der Waals surface area contributed by atoms with Crippen LogP contribution in [0.5, 0.6) is 0 Å². The maximum Gasteiger partial charge on any atom is 0.164 e.